The Kier molecular flexibility index (Phi) is 3.46. The lowest BCUT2D eigenvalue weighted by Gasteiger charge is -2.38. The Morgan fingerprint density at radius 3 is 2.29 bits per heavy atom. The molecule has 0 saturated carbocycles. The van der Waals surface area contributed by atoms with Crippen LogP contribution in [0.1, 0.15) is 31.7 Å². The second-order valence-corrected chi connectivity index (χ2v) is 7.82. The van der Waals surface area contributed by atoms with E-state index in [1.54, 1.807) is 37.3 Å². The summed E-state index contributed by atoms with van der Waals surface area (Å²) in [6.45, 7) is 1.87. The molecular weight excluding hydrogens is 311 g/mol. The molecule has 1 saturated heterocycles. The molecule has 0 amide bonds. The number of hydrogen-bond donors (Lipinski definition) is 0. The van der Waals surface area contributed by atoms with Gasteiger partial charge in [-0.15, -0.1) is 0 Å². The zero-order chi connectivity index (χ0) is 15.8. The first-order valence-corrected chi connectivity index (χ1v) is 8.52. The molecule has 1 aliphatic heterocycles. The van der Waals surface area contributed by atoms with Crippen molar-refractivity contribution in [3.05, 3.63) is 46.9 Å². The fourth-order valence-electron chi connectivity index (χ4n) is 2.56. The van der Waals surface area contributed by atoms with Gasteiger partial charge in [0.05, 0.1) is 11.0 Å². The maximum atomic E-state index is 12.7. The standard InChI is InChI=1S/C14H17F5OS/c1-14(13-7-3-2-4-8-13)10-12(6-5-9-20-14)11-21(15,16,17,18)19/h2-4,7-8,11H,5-6,9-10H2,1H3/b12-11-. The summed E-state index contributed by atoms with van der Waals surface area (Å²) in [4.78, 5) is 0. The number of rotatable bonds is 2. The van der Waals surface area contributed by atoms with Gasteiger partial charge in [-0.3, -0.25) is 0 Å². The lowest BCUT2D eigenvalue weighted by Crippen LogP contribution is -2.25. The average molecular weight is 328 g/mol. The topological polar surface area (TPSA) is 9.23 Å². The largest absolute Gasteiger partial charge is 0.370 e. The van der Waals surface area contributed by atoms with Crippen LogP contribution in [0, 0.1) is 0 Å². The van der Waals surface area contributed by atoms with Crippen molar-refractivity contribution in [2.75, 3.05) is 6.61 Å². The van der Waals surface area contributed by atoms with Crippen LogP contribution in [-0.2, 0) is 10.3 Å². The molecule has 1 fully saturated rings. The minimum atomic E-state index is -9.55. The molecule has 1 unspecified atom stereocenters. The third-order valence-electron chi connectivity index (χ3n) is 3.40. The highest BCUT2D eigenvalue weighted by Gasteiger charge is 2.61. The van der Waals surface area contributed by atoms with Gasteiger partial charge in [0.2, 0.25) is 0 Å². The number of benzene rings is 1. The Bertz CT molecular complexity index is 551. The van der Waals surface area contributed by atoms with E-state index in [9.17, 15) is 19.4 Å². The maximum absolute atomic E-state index is 12.7. The van der Waals surface area contributed by atoms with Crippen molar-refractivity contribution in [1.29, 1.82) is 0 Å². The van der Waals surface area contributed by atoms with E-state index in [1.807, 2.05) is 0 Å². The van der Waals surface area contributed by atoms with Crippen molar-refractivity contribution in [2.24, 2.45) is 0 Å². The molecule has 1 nitrogen and oxygen atoms in total. The first-order chi connectivity index (χ1) is 9.37. The predicted octanol–water partition coefficient (Wildman–Crippen LogP) is 6.28. The Balaban J connectivity index is 2.39. The van der Waals surface area contributed by atoms with Crippen LogP contribution in [0.25, 0.3) is 0 Å². The second-order valence-electron chi connectivity index (χ2n) is 5.53. The van der Waals surface area contributed by atoms with Gasteiger partial charge in [-0.05, 0) is 25.3 Å². The molecule has 1 heterocycles. The molecule has 1 aromatic carbocycles. The summed E-state index contributed by atoms with van der Waals surface area (Å²) >= 11 is 0. The molecule has 7 heteroatoms. The fraction of sp³-hybridized carbons (Fsp3) is 0.429. The smallest absolute Gasteiger partial charge is 0.304 e. The van der Waals surface area contributed by atoms with E-state index in [0.717, 1.165) is 0 Å². The zero-order valence-corrected chi connectivity index (χ0v) is 12.3. The van der Waals surface area contributed by atoms with E-state index in [-0.39, 0.29) is 25.0 Å². The molecule has 0 radical (unpaired) electrons. The second kappa shape index (κ2) is 4.46. The van der Waals surface area contributed by atoms with E-state index in [0.29, 0.717) is 12.0 Å². The summed E-state index contributed by atoms with van der Waals surface area (Å²) in [6.07, 6.45) is 0.0682. The first kappa shape index (κ1) is 16.3. The van der Waals surface area contributed by atoms with E-state index >= 15 is 0 Å². The van der Waals surface area contributed by atoms with Gasteiger partial charge in [0.1, 0.15) is 0 Å². The van der Waals surface area contributed by atoms with Gasteiger partial charge < -0.3 is 4.74 Å². The summed E-state index contributed by atoms with van der Waals surface area (Å²) in [7, 11) is -9.55. The van der Waals surface area contributed by atoms with E-state index < -0.39 is 21.2 Å². The van der Waals surface area contributed by atoms with Gasteiger partial charge in [-0.1, -0.05) is 55.3 Å². The Morgan fingerprint density at radius 1 is 1.10 bits per heavy atom. The van der Waals surface area contributed by atoms with E-state index in [2.05, 4.69) is 0 Å². The summed E-state index contributed by atoms with van der Waals surface area (Å²) < 4.78 is 69.0. The van der Waals surface area contributed by atoms with Crippen LogP contribution < -0.4 is 0 Å². The molecule has 0 N–H and O–H groups in total. The summed E-state index contributed by atoms with van der Waals surface area (Å²) in [5.74, 6) is 0. The van der Waals surface area contributed by atoms with Crippen LogP contribution in [0.4, 0.5) is 19.4 Å². The van der Waals surface area contributed by atoms with E-state index in [4.69, 9.17) is 4.74 Å². The van der Waals surface area contributed by atoms with Crippen LogP contribution in [0.2, 0.25) is 0 Å². The van der Waals surface area contributed by atoms with Crippen molar-refractivity contribution in [3.8, 4) is 0 Å². The summed E-state index contributed by atoms with van der Waals surface area (Å²) in [5, 5.41) is -0.740. The highest BCUT2D eigenvalue weighted by Crippen LogP contribution is 2.99. The molecule has 0 aliphatic carbocycles. The zero-order valence-electron chi connectivity index (χ0n) is 11.5. The fourth-order valence-corrected chi connectivity index (χ4v) is 3.39. The lowest BCUT2D eigenvalue weighted by molar-refractivity contribution is -0.0287. The molecule has 1 aliphatic rings. The van der Waals surface area contributed by atoms with Crippen molar-refractivity contribution in [3.63, 3.8) is 0 Å². The minimum absolute atomic E-state index is 0.0337. The molecular formula is C14H17F5OS. The number of halogens is 5. The Hall–Kier alpha value is -1.08. The van der Waals surface area contributed by atoms with E-state index in [1.165, 1.54) is 0 Å². The van der Waals surface area contributed by atoms with Crippen LogP contribution in [0.3, 0.4) is 0 Å². The number of hydrogen-bond acceptors (Lipinski definition) is 1. The molecule has 0 spiro atoms. The van der Waals surface area contributed by atoms with Gasteiger partial charge in [0.15, 0.2) is 0 Å². The Morgan fingerprint density at radius 2 is 1.71 bits per heavy atom. The maximum Gasteiger partial charge on any atom is 0.304 e. The van der Waals surface area contributed by atoms with Crippen molar-refractivity contribution < 1.29 is 24.2 Å². The third-order valence-corrected chi connectivity index (χ3v) is 4.18. The van der Waals surface area contributed by atoms with Crippen molar-refractivity contribution in [2.45, 2.75) is 31.8 Å². The number of ether oxygens (including phenoxy) is 1. The van der Waals surface area contributed by atoms with Gasteiger partial charge in [0.25, 0.3) is 0 Å². The van der Waals surface area contributed by atoms with Crippen LogP contribution in [-0.4, -0.2) is 6.61 Å². The highest BCUT2D eigenvalue weighted by molar-refractivity contribution is 8.48. The normalized spacial score (nSPS) is 29.5. The van der Waals surface area contributed by atoms with Gasteiger partial charge >= 0.3 is 10.2 Å². The molecule has 1 aromatic rings. The van der Waals surface area contributed by atoms with Gasteiger partial charge in [-0.25, -0.2) is 0 Å². The summed E-state index contributed by atoms with van der Waals surface area (Å²) in [6, 6.07) is 8.70. The quantitative estimate of drug-likeness (QED) is 0.580. The first-order valence-electron chi connectivity index (χ1n) is 6.51. The van der Waals surface area contributed by atoms with Crippen LogP contribution >= 0.6 is 10.2 Å². The van der Waals surface area contributed by atoms with Gasteiger partial charge in [0, 0.05) is 13.0 Å². The molecule has 0 aromatic heterocycles. The van der Waals surface area contributed by atoms with Gasteiger partial charge in [-0.2, -0.15) is 0 Å². The monoisotopic (exact) mass is 328 g/mol. The lowest BCUT2D eigenvalue weighted by atomic mass is 9.89. The van der Waals surface area contributed by atoms with Crippen LogP contribution in [0.15, 0.2) is 41.3 Å². The molecule has 120 valence electrons. The molecule has 2 rings (SSSR count). The summed E-state index contributed by atoms with van der Waals surface area (Å²) in [5.41, 5.74) is -0.648. The highest BCUT2D eigenvalue weighted by atomic mass is 32.5. The average Bonchev–Trinajstić information content (AvgIpc) is 2.49. The molecule has 1 atom stereocenters. The van der Waals surface area contributed by atoms with Crippen molar-refractivity contribution >= 4 is 10.2 Å². The SMILES string of the molecule is CC1(c2ccccc2)C/C(=C\S(F)(F)(F)(F)F)CCCO1. The van der Waals surface area contributed by atoms with Crippen LogP contribution in [0.5, 0.6) is 0 Å². The predicted molar refractivity (Wildman–Crippen MR) is 74.8 cm³/mol. The molecule has 0 bridgehead atoms. The Labute approximate surface area is 120 Å². The van der Waals surface area contributed by atoms with Crippen molar-refractivity contribution in [1.82, 2.24) is 0 Å². The molecule has 21 heavy (non-hydrogen) atoms. The minimum Gasteiger partial charge on any atom is -0.370 e. The third kappa shape index (κ3) is 5.00.